The van der Waals surface area contributed by atoms with Crippen LogP contribution in [0.4, 0.5) is 5.82 Å². The van der Waals surface area contributed by atoms with Crippen LogP contribution in [0.25, 0.3) is 0 Å². The third-order valence-corrected chi connectivity index (χ3v) is 3.17. The van der Waals surface area contributed by atoms with E-state index in [0.29, 0.717) is 6.54 Å². The van der Waals surface area contributed by atoms with Gasteiger partial charge in [0.05, 0.1) is 16.5 Å². The Bertz CT molecular complexity index is 384. The lowest BCUT2D eigenvalue weighted by Crippen LogP contribution is -2.24. The molecule has 1 heterocycles. The highest BCUT2D eigenvalue weighted by Gasteiger charge is 2.11. The number of nitriles is 1. The molecular formula is C11H14BrN3. The number of halogens is 1. The fourth-order valence-electron chi connectivity index (χ4n) is 1.33. The van der Waals surface area contributed by atoms with E-state index >= 15 is 0 Å². The minimum Gasteiger partial charge on any atom is -0.357 e. The van der Waals surface area contributed by atoms with Gasteiger partial charge in [-0.25, -0.2) is 4.98 Å². The van der Waals surface area contributed by atoms with Gasteiger partial charge in [0.1, 0.15) is 5.82 Å². The molecular weight excluding hydrogens is 254 g/mol. The van der Waals surface area contributed by atoms with Gasteiger partial charge in [0.2, 0.25) is 0 Å². The molecule has 0 amide bonds. The van der Waals surface area contributed by atoms with Crippen molar-refractivity contribution in [2.45, 2.75) is 13.8 Å². The summed E-state index contributed by atoms with van der Waals surface area (Å²) < 4.78 is 0.998. The van der Waals surface area contributed by atoms with E-state index in [0.717, 1.165) is 15.9 Å². The van der Waals surface area contributed by atoms with Crippen molar-refractivity contribution in [2.24, 2.45) is 5.92 Å². The van der Waals surface area contributed by atoms with E-state index in [1.165, 1.54) is 0 Å². The van der Waals surface area contributed by atoms with Gasteiger partial charge in [-0.15, -0.1) is 0 Å². The lowest BCUT2D eigenvalue weighted by Gasteiger charge is -2.21. The van der Waals surface area contributed by atoms with Crippen molar-refractivity contribution < 1.29 is 0 Å². The molecule has 0 saturated heterocycles. The van der Waals surface area contributed by atoms with Crippen LogP contribution >= 0.6 is 15.9 Å². The van der Waals surface area contributed by atoms with Crippen LogP contribution in [0.3, 0.4) is 0 Å². The standard InChI is InChI=1S/C11H14BrN3/c1-8(6-13)7-15(3)11-10(12)9(2)4-5-14-11/h4-5,8H,7H2,1-3H3. The molecule has 0 spiro atoms. The predicted octanol–water partition coefficient (Wildman–Crippen LogP) is 2.75. The first kappa shape index (κ1) is 12.0. The molecule has 0 aliphatic rings. The third kappa shape index (κ3) is 2.93. The van der Waals surface area contributed by atoms with Crippen LogP contribution in [0.2, 0.25) is 0 Å². The summed E-state index contributed by atoms with van der Waals surface area (Å²) in [6, 6.07) is 4.17. The normalized spacial score (nSPS) is 11.9. The quantitative estimate of drug-likeness (QED) is 0.846. The van der Waals surface area contributed by atoms with Crippen molar-refractivity contribution in [1.82, 2.24) is 4.98 Å². The average Bonchev–Trinajstić information content (AvgIpc) is 2.21. The van der Waals surface area contributed by atoms with Gasteiger partial charge in [0, 0.05) is 19.8 Å². The largest absolute Gasteiger partial charge is 0.357 e. The molecule has 1 rings (SSSR count). The summed E-state index contributed by atoms with van der Waals surface area (Å²) in [6.07, 6.45) is 1.78. The summed E-state index contributed by atoms with van der Waals surface area (Å²) in [5.74, 6) is 0.890. The van der Waals surface area contributed by atoms with E-state index in [2.05, 4.69) is 27.0 Å². The zero-order chi connectivity index (χ0) is 11.4. The van der Waals surface area contributed by atoms with Gasteiger partial charge in [-0.05, 0) is 41.4 Å². The molecule has 0 radical (unpaired) electrons. The molecule has 4 heteroatoms. The second-order valence-electron chi connectivity index (χ2n) is 3.68. The summed E-state index contributed by atoms with van der Waals surface area (Å²) in [5.41, 5.74) is 1.15. The van der Waals surface area contributed by atoms with E-state index < -0.39 is 0 Å². The minimum atomic E-state index is 0.00390. The summed E-state index contributed by atoms with van der Waals surface area (Å²) in [5, 5.41) is 8.75. The molecule has 0 aromatic carbocycles. The highest BCUT2D eigenvalue weighted by molar-refractivity contribution is 9.10. The smallest absolute Gasteiger partial charge is 0.142 e. The van der Waals surface area contributed by atoms with Gasteiger partial charge in [-0.3, -0.25) is 0 Å². The molecule has 0 aliphatic carbocycles. The Morgan fingerprint density at radius 1 is 1.67 bits per heavy atom. The molecule has 0 saturated carbocycles. The average molecular weight is 268 g/mol. The van der Waals surface area contributed by atoms with Crippen LogP contribution in [0.1, 0.15) is 12.5 Å². The van der Waals surface area contributed by atoms with E-state index in [1.54, 1.807) is 6.20 Å². The zero-order valence-electron chi connectivity index (χ0n) is 9.16. The molecule has 80 valence electrons. The van der Waals surface area contributed by atoms with E-state index in [9.17, 15) is 0 Å². The Morgan fingerprint density at radius 3 is 2.93 bits per heavy atom. The Hall–Kier alpha value is -1.08. The third-order valence-electron chi connectivity index (χ3n) is 2.19. The predicted molar refractivity (Wildman–Crippen MR) is 64.7 cm³/mol. The number of hydrogen-bond donors (Lipinski definition) is 0. The number of aromatic nitrogens is 1. The van der Waals surface area contributed by atoms with Crippen molar-refractivity contribution in [3.8, 4) is 6.07 Å². The molecule has 3 nitrogen and oxygen atoms in total. The van der Waals surface area contributed by atoms with Gasteiger partial charge in [-0.1, -0.05) is 0 Å². The van der Waals surface area contributed by atoms with Crippen molar-refractivity contribution in [3.63, 3.8) is 0 Å². The zero-order valence-corrected chi connectivity index (χ0v) is 10.7. The van der Waals surface area contributed by atoms with Crippen molar-refractivity contribution >= 4 is 21.7 Å². The van der Waals surface area contributed by atoms with Crippen LogP contribution in [0.15, 0.2) is 16.7 Å². The fourth-order valence-corrected chi connectivity index (χ4v) is 1.87. The molecule has 1 aromatic rings. The second kappa shape index (κ2) is 5.13. The number of hydrogen-bond acceptors (Lipinski definition) is 3. The summed E-state index contributed by atoms with van der Waals surface area (Å²) in [4.78, 5) is 6.29. The number of rotatable bonds is 3. The van der Waals surface area contributed by atoms with Crippen molar-refractivity contribution in [3.05, 3.63) is 22.3 Å². The van der Waals surface area contributed by atoms with E-state index in [4.69, 9.17) is 5.26 Å². The topological polar surface area (TPSA) is 39.9 Å². The SMILES string of the molecule is Cc1ccnc(N(C)CC(C)C#N)c1Br. The highest BCUT2D eigenvalue weighted by atomic mass is 79.9. The number of pyridine rings is 1. The second-order valence-corrected chi connectivity index (χ2v) is 4.47. The molecule has 15 heavy (non-hydrogen) atoms. The summed E-state index contributed by atoms with van der Waals surface area (Å²) in [6.45, 7) is 4.61. The Labute approximate surface area is 98.9 Å². The fraction of sp³-hybridized carbons (Fsp3) is 0.455. The lowest BCUT2D eigenvalue weighted by atomic mass is 10.2. The van der Waals surface area contributed by atoms with Gasteiger partial charge < -0.3 is 4.90 Å². The summed E-state index contributed by atoms with van der Waals surface area (Å²) >= 11 is 3.51. The van der Waals surface area contributed by atoms with Crippen LogP contribution in [0.5, 0.6) is 0 Å². The molecule has 0 aliphatic heterocycles. The maximum Gasteiger partial charge on any atom is 0.142 e. The van der Waals surface area contributed by atoms with Crippen molar-refractivity contribution in [2.75, 3.05) is 18.5 Å². The molecule has 1 unspecified atom stereocenters. The first-order chi connectivity index (χ1) is 7.06. The lowest BCUT2D eigenvalue weighted by molar-refractivity contribution is 0.709. The number of anilines is 1. The van der Waals surface area contributed by atoms with Gasteiger partial charge in [0.15, 0.2) is 0 Å². The van der Waals surface area contributed by atoms with Gasteiger partial charge >= 0.3 is 0 Å². The number of nitrogens with zero attached hydrogens (tertiary/aromatic N) is 3. The first-order valence-electron chi connectivity index (χ1n) is 4.78. The Balaban J connectivity index is 2.87. The Morgan fingerprint density at radius 2 is 2.33 bits per heavy atom. The molecule has 0 N–H and O–H groups in total. The highest BCUT2D eigenvalue weighted by Crippen LogP contribution is 2.26. The van der Waals surface area contributed by atoms with Gasteiger partial charge in [-0.2, -0.15) is 5.26 Å². The summed E-state index contributed by atoms with van der Waals surface area (Å²) in [7, 11) is 1.94. The van der Waals surface area contributed by atoms with Crippen LogP contribution in [-0.4, -0.2) is 18.6 Å². The molecule has 1 aromatic heterocycles. The monoisotopic (exact) mass is 267 g/mol. The van der Waals surface area contributed by atoms with E-state index in [-0.39, 0.29) is 5.92 Å². The minimum absolute atomic E-state index is 0.00390. The van der Waals surface area contributed by atoms with Crippen LogP contribution in [0, 0.1) is 24.2 Å². The molecule has 0 fully saturated rings. The first-order valence-corrected chi connectivity index (χ1v) is 5.57. The maximum atomic E-state index is 8.75. The van der Waals surface area contributed by atoms with Crippen LogP contribution < -0.4 is 4.90 Å². The van der Waals surface area contributed by atoms with Gasteiger partial charge in [0.25, 0.3) is 0 Å². The Kier molecular flexibility index (Phi) is 4.10. The van der Waals surface area contributed by atoms with E-state index in [1.807, 2.05) is 31.9 Å². The number of aryl methyl sites for hydroxylation is 1. The van der Waals surface area contributed by atoms with Crippen LogP contribution in [-0.2, 0) is 0 Å². The van der Waals surface area contributed by atoms with Crippen molar-refractivity contribution in [1.29, 1.82) is 5.26 Å². The molecule has 0 bridgehead atoms. The molecule has 1 atom stereocenters. The maximum absolute atomic E-state index is 8.75.